The lowest BCUT2D eigenvalue weighted by Gasteiger charge is -2.19. The van der Waals surface area contributed by atoms with Crippen LogP contribution in [0.3, 0.4) is 0 Å². The Morgan fingerprint density at radius 1 is 0.765 bits per heavy atom. The molecule has 0 aliphatic rings. The maximum absolute atomic E-state index is 13.0. The van der Waals surface area contributed by atoms with Crippen LogP contribution in [0.2, 0.25) is 0 Å². The molecule has 34 heavy (non-hydrogen) atoms. The van der Waals surface area contributed by atoms with Gasteiger partial charge in [0.25, 0.3) is 11.8 Å². The molecule has 2 N–H and O–H groups in total. The smallest absolute Gasteiger partial charge is 0.255 e. The molecule has 0 fully saturated rings. The lowest BCUT2D eigenvalue weighted by Crippen LogP contribution is -2.16. The topological polar surface area (TPSA) is 89.5 Å². The first kappa shape index (κ1) is 24.8. The standard InChI is InChI=1S/C27H31N3O4/c1-6-33-23-17-22(30-26(32)19-12-14-28-15-13-19)24(34-7-2)16-21(23)29-25(31)18-8-10-20(11-9-18)27(3,4)5/h8-17H,6-7H2,1-5H3,(H,29,31)(H,30,32). The summed E-state index contributed by atoms with van der Waals surface area (Å²) in [6.45, 7) is 10.8. The summed E-state index contributed by atoms with van der Waals surface area (Å²) in [5.74, 6) is 0.279. The highest BCUT2D eigenvalue weighted by atomic mass is 16.5. The van der Waals surface area contributed by atoms with Crippen LogP contribution >= 0.6 is 0 Å². The molecular weight excluding hydrogens is 430 g/mol. The van der Waals surface area contributed by atoms with Crippen molar-refractivity contribution in [2.45, 2.75) is 40.0 Å². The van der Waals surface area contributed by atoms with Crippen LogP contribution in [-0.4, -0.2) is 30.0 Å². The Bertz CT molecular complexity index is 1140. The van der Waals surface area contributed by atoms with Gasteiger partial charge in [-0.25, -0.2) is 0 Å². The zero-order valence-corrected chi connectivity index (χ0v) is 20.3. The number of pyridine rings is 1. The molecule has 1 heterocycles. The molecule has 2 amide bonds. The van der Waals surface area contributed by atoms with Gasteiger partial charge in [-0.15, -0.1) is 0 Å². The van der Waals surface area contributed by atoms with Crippen molar-refractivity contribution in [3.8, 4) is 11.5 Å². The molecular formula is C27H31N3O4. The van der Waals surface area contributed by atoms with Crippen molar-refractivity contribution in [1.82, 2.24) is 4.98 Å². The van der Waals surface area contributed by atoms with Crippen LogP contribution in [0.25, 0.3) is 0 Å². The van der Waals surface area contributed by atoms with Gasteiger partial charge in [-0.05, 0) is 49.1 Å². The second kappa shape index (κ2) is 10.8. The highest BCUT2D eigenvalue weighted by Gasteiger charge is 2.18. The highest BCUT2D eigenvalue weighted by molar-refractivity contribution is 6.07. The van der Waals surface area contributed by atoms with E-state index in [-0.39, 0.29) is 17.2 Å². The molecule has 2 aromatic carbocycles. The van der Waals surface area contributed by atoms with Crippen LogP contribution in [0.15, 0.2) is 60.9 Å². The third-order valence-electron chi connectivity index (χ3n) is 5.13. The minimum absolute atomic E-state index is 0.0000614. The maximum atomic E-state index is 13.0. The van der Waals surface area contributed by atoms with Crippen molar-refractivity contribution >= 4 is 23.2 Å². The molecule has 0 unspecified atom stereocenters. The van der Waals surface area contributed by atoms with E-state index >= 15 is 0 Å². The molecule has 0 aliphatic carbocycles. The summed E-state index contributed by atoms with van der Waals surface area (Å²) in [6.07, 6.45) is 3.10. The predicted molar refractivity (Wildman–Crippen MR) is 134 cm³/mol. The van der Waals surface area contributed by atoms with E-state index in [1.807, 2.05) is 38.1 Å². The molecule has 0 saturated carbocycles. The summed E-state index contributed by atoms with van der Waals surface area (Å²) < 4.78 is 11.5. The van der Waals surface area contributed by atoms with Crippen molar-refractivity contribution in [3.05, 3.63) is 77.6 Å². The third kappa shape index (κ3) is 6.13. The van der Waals surface area contributed by atoms with Gasteiger partial charge in [-0.1, -0.05) is 32.9 Å². The summed E-state index contributed by atoms with van der Waals surface area (Å²) in [5, 5.41) is 5.77. The number of anilines is 2. The van der Waals surface area contributed by atoms with E-state index < -0.39 is 0 Å². The van der Waals surface area contributed by atoms with E-state index in [9.17, 15) is 9.59 Å². The summed E-state index contributed by atoms with van der Waals surface area (Å²) in [5.41, 5.74) is 3.04. The van der Waals surface area contributed by atoms with E-state index in [0.29, 0.717) is 47.2 Å². The lowest BCUT2D eigenvalue weighted by molar-refractivity contribution is 0.101. The zero-order chi connectivity index (χ0) is 24.7. The van der Waals surface area contributed by atoms with Gasteiger partial charge >= 0.3 is 0 Å². The average molecular weight is 462 g/mol. The maximum Gasteiger partial charge on any atom is 0.255 e. The number of carbonyl (C=O) groups is 2. The summed E-state index contributed by atoms with van der Waals surface area (Å²) in [7, 11) is 0. The predicted octanol–water partition coefficient (Wildman–Crippen LogP) is 5.68. The van der Waals surface area contributed by atoms with Gasteiger partial charge in [0.15, 0.2) is 0 Å². The zero-order valence-electron chi connectivity index (χ0n) is 20.3. The number of amides is 2. The monoisotopic (exact) mass is 461 g/mol. The number of carbonyl (C=O) groups excluding carboxylic acids is 2. The molecule has 0 bridgehead atoms. The van der Waals surface area contributed by atoms with E-state index in [4.69, 9.17) is 9.47 Å². The fraction of sp³-hybridized carbons (Fsp3) is 0.296. The van der Waals surface area contributed by atoms with E-state index in [1.54, 1.807) is 36.7 Å². The molecule has 3 rings (SSSR count). The van der Waals surface area contributed by atoms with Crippen LogP contribution in [0.4, 0.5) is 11.4 Å². The molecule has 7 nitrogen and oxygen atoms in total. The molecule has 178 valence electrons. The Morgan fingerprint density at radius 2 is 1.21 bits per heavy atom. The second-order valence-electron chi connectivity index (χ2n) is 8.68. The Balaban J connectivity index is 1.89. The Kier molecular flexibility index (Phi) is 7.89. The summed E-state index contributed by atoms with van der Waals surface area (Å²) in [4.78, 5) is 29.6. The quantitative estimate of drug-likeness (QED) is 0.450. The van der Waals surface area contributed by atoms with Crippen LogP contribution in [0.5, 0.6) is 11.5 Å². The molecule has 0 spiro atoms. The van der Waals surface area contributed by atoms with Crippen LogP contribution in [0.1, 0.15) is 60.9 Å². The Morgan fingerprint density at radius 3 is 1.62 bits per heavy atom. The molecule has 7 heteroatoms. The number of hydrogen-bond acceptors (Lipinski definition) is 5. The number of nitrogens with zero attached hydrogens (tertiary/aromatic N) is 1. The number of rotatable bonds is 8. The first-order chi connectivity index (χ1) is 16.2. The number of benzene rings is 2. The Labute approximate surface area is 200 Å². The first-order valence-electron chi connectivity index (χ1n) is 11.3. The normalized spacial score (nSPS) is 11.0. The Hall–Kier alpha value is -3.87. The number of aromatic nitrogens is 1. The minimum atomic E-state index is -0.304. The fourth-order valence-electron chi connectivity index (χ4n) is 3.32. The van der Waals surface area contributed by atoms with Gasteiger partial charge in [0.2, 0.25) is 0 Å². The molecule has 0 radical (unpaired) electrons. The van der Waals surface area contributed by atoms with Crippen LogP contribution < -0.4 is 20.1 Å². The average Bonchev–Trinajstić information content (AvgIpc) is 2.82. The molecule has 0 saturated heterocycles. The summed E-state index contributed by atoms with van der Waals surface area (Å²) in [6, 6.07) is 14.1. The van der Waals surface area contributed by atoms with E-state index in [2.05, 4.69) is 36.4 Å². The van der Waals surface area contributed by atoms with Crippen molar-refractivity contribution in [1.29, 1.82) is 0 Å². The van der Waals surface area contributed by atoms with Gasteiger partial charge in [0, 0.05) is 35.7 Å². The summed E-state index contributed by atoms with van der Waals surface area (Å²) >= 11 is 0. The van der Waals surface area contributed by atoms with Crippen molar-refractivity contribution in [3.63, 3.8) is 0 Å². The van der Waals surface area contributed by atoms with Crippen molar-refractivity contribution in [2.75, 3.05) is 23.8 Å². The van der Waals surface area contributed by atoms with Gasteiger partial charge in [0.1, 0.15) is 11.5 Å². The second-order valence-corrected chi connectivity index (χ2v) is 8.68. The largest absolute Gasteiger partial charge is 0.492 e. The van der Waals surface area contributed by atoms with Gasteiger partial charge in [-0.2, -0.15) is 0 Å². The van der Waals surface area contributed by atoms with Crippen molar-refractivity contribution in [2.24, 2.45) is 0 Å². The number of hydrogen-bond donors (Lipinski definition) is 2. The van der Waals surface area contributed by atoms with Crippen molar-refractivity contribution < 1.29 is 19.1 Å². The SMILES string of the molecule is CCOc1cc(NC(=O)c2ccc(C(C)(C)C)cc2)c(OCC)cc1NC(=O)c1ccncc1. The molecule has 0 atom stereocenters. The molecule has 1 aromatic heterocycles. The third-order valence-corrected chi connectivity index (χ3v) is 5.13. The lowest BCUT2D eigenvalue weighted by atomic mass is 9.87. The van der Waals surface area contributed by atoms with Crippen LogP contribution in [0, 0.1) is 0 Å². The number of ether oxygens (including phenoxy) is 2. The molecule has 3 aromatic rings. The fourth-order valence-corrected chi connectivity index (χ4v) is 3.32. The van der Waals surface area contributed by atoms with Gasteiger partial charge in [-0.3, -0.25) is 14.6 Å². The highest BCUT2D eigenvalue weighted by Crippen LogP contribution is 2.37. The van der Waals surface area contributed by atoms with Crippen LogP contribution in [-0.2, 0) is 5.41 Å². The van der Waals surface area contributed by atoms with Gasteiger partial charge < -0.3 is 20.1 Å². The van der Waals surface area contributed by atoms with E-state index in [0.717, 1.165) is 5.56 Å². The molecule has 0 aliphatic heterocycles. The first-order valence-corrected chi connectivity index (χ1v) is 11.3. The van der Waals surface area contributed by atoms with Gasteiger partial charge in [0.05, 0.1) is 24.6 Å². The number of nitrogens with one attached hydrogen (secondary N) is 2. The van der Waals surface area contributed by atoms with E-state index in [1.165, 1.54) is 0 Å². The minimum Gasteiger partial charge on any atom is -0.492 e.